The van der Waals surface area contributed by atoms with Gasteiger partial charge in [-0.15, -0.1) is 10.2 Å². The van der Waals surface area contributed by atoms with Gasteiger partial charge in [-0.05, 0) is 54.2 Å². The van der Waals surface area contributed by atoms with Crippen LogP contribution in [0, 0.1) is 0 Å². The highest BCUT2D eigenvalue weighted by Crippen LogP contribution is 2.26. The molecule has 1 aliphatic rings. The molecule has 0 aliphatic carbocycles. The number of rotatable bonds is 8. The summed E-state index contributed by atoms with van der Waals surface area (Å²) in [6, 6.07) is 11.9. The molecule has 4 rings (SSSR count). The van der Waals surface area contributed by atoms with Crippen molar-refractivity contribution in [2.45, 2.75) is 31.7 Å². The van der Waals surface area contributed by atoms with E-state index >= 15 is 0 Å². The van der Waals surface area contributed by atoms with E-state index in [1.54, 1.807) is 11.8 Å². The number of carbonyl (C=O) groups is 1. The van der Waals surface area contributed by atoms with Crippen LogP contribution < -0.4 is 10.1 Å². The summed E-state index contributed by atoms with van der Waals surface area (Å²) in [4.78, 5) is 12.7. The molecule has 1 aromatic carbocycles. The molecule has 0 fully saturated rings. The second-order valence-electron chi connectivity index (χ2n) is 6.93. The number of ether oxygens (including phenoxy) is 1. The number of nitrogens with zero attached hydrogens (tertiary/aromatic N) is 3. The predicted octanol–water partition coefficient (Wildman–Crippen LogP) is 3.21. The Balaban J connectivity index is 1.42. The van der Waals surface area contributed by atoms with Gasteiger partial charge in [0.25, 0.3) is 0 Å². The van der Waals surface area contributed by atoms with Crippen LogP contribution in [0.1, 0.15) is 35.8 Å². The van der Waals surface area contributed by atoms with Crippen LogP contribution in [0.4, 0.5) is 0 Å². The predicted molar refractivity (Wildman–Crippen MR) is 111 cm³/mol. The van der Waals surface area contributed by atoms with E-state index in [9.17, 15) is 4.79 Å². The van der Waals surface area contributed by atoms with Gasteiger partial charge in [-0.25, -0.2) is 0 Å². The highest BCUT2D eigenvalue weighted by atomic mass is 32.2. The van der Waals surface area contributed by atoms with E-state index < -0.39 is 0 Å². The Labute approximate surface area is 168 Å². The van der Waals surface area contributed by atoms with E-state index in [1.807, 2.05) is 34.9 Å². The number of hydrogen-bond acceptors (Lipinski definition) is 5. The molecule has 0 saturated heterocycles. The molecule has 0 bridgehead atoms. The normalized spacial score (nSPS) is 13.9. The number of carbonyl (C=O) groups excluding carboxylic acids is 1. The third-order valence-electron chi connectivity index (χ3n) is 4.99. The van der Waals surface area contributed by atoms with Gasteiger partial charge in [0.15, 0.2) is 11.5 Å². The van der Waals surface area contributed by atoms with Crippen molar-refractivity contribution in [1.82, 2.24) is 19.9 Å². The first-order chi connectivity index (χ1) is 13.7. The van der Waals surface area contributed by atoms with Crippen LogP contribution in [0.15, 0.2) is 42.6 Å². The van der Waals surface area contributed by atoms with E-state index in [0.29, 0.717) is 6.42 Å². The summed E-state index contributed by atoms with van der Waals surface area (Å²) >= 11 is 1.76. The number of pyridine rings is 1. The van der Waals surface area contributed by atoms with Crippen LogP contribution in [-0.2, 0) is 17.6 Å². The zero-order chi connectivity index (χ0) is 19.3. The Hall–Kier alpha value is -2.54. The maximum Gasteiger partial charge on any atom is 0.220 e. The van der Waals surface area contributed by atoms with E-state index in [2.05, 4.69) is 33.9 Å². The molecule has 0 saturated carbocycles. The van der Waals surface area contributed by atoms with Crippen molar-refractivity contribution in [3.63, 3.8) is 0 Å². The average molecular weight is 397 g/mol. The smallest absolute Gasteiger partial charge is 0.220 e. The van der Waals surface area contributed by atoms with Crippen molar-refractivity contribution in [3.8, 4) is 5.75 Å². The van der Waals surface area contributed by atoms with Crippen LogP contribution in [0.3, 0.4) is 0 Å². The topological polar surface area (TPSA) is 68.5 Å². The molecule has 0 unspecified atom stereocenters. The Kier molecular flexibility index (Phi) is 5.81. The molecule has 1 atom stereocenters. The van der Waals surface area contributed by atoms with Crippen molar-refractivity contribution < 1.29 is 9.53 Å². The van der Waals surface area contributed by atoms with Crippen molar-refractivity contribution in [2.24, 2.45) is 0 Å². The molecular formula is C21H24N4O2S. The van der Waals surface area contributed by atoms with Crippen molar-refractivity contribution in [1.29, 1.82) is 0 Å². The van der Waals surface area contributed by atoms with Crippen molar-refractivity contribution >= 4 is 23.3 Å². The molecule has 3 heterocycles. The number of hydrogen-bond donors (Lipinski definition) is 1. The zero-order valence-electron chi connectivity index (χ0n) is 15.9. The fourth-order valence-electron chi connectivity index (χ4n) is 3.52. The number of aromatic nitrogens is 3. The second-order valence-corrected chi connectivity index (χ2v) is 7.91. The Bertz CT molecular complexity index is 972. The lowest BCUT2D eigenvalue weighted by atomic mass is 10.0. The molecule has 3 aromatic rings. The minimum atomic E-state index is -0.147. The first-order valence-electron chi connectivity index (χ1n) is 9.57. The molecule has 0 radical (unpaired) electrons. The van der Waals surface area contributed by atoms with Crippen LogP contribution in [0.2, 0.25) is 0 Å². The maximum absolute atomic E-state index is 12.7. The fraction of sp³-hybridized carbons (Fsp3) is 0.381. The molecule has 1 amide bonds. The van der Waals surface area contributed by atoms with Gasteiger partial charge < -0.3 is 10.1 Å². The Morgan fingerprint density at radius 3 is 3.14 bits per heavy atom. The minimum absolute atomic E-state index is 0.0375. The lowest BCUT2D eigenvalue weighted by Gasteiger charge is -2.17. The van der Waals surface area contributed by atoms with E-state index in [1.165, 1.54) is 11.1 Å². The molecule has 7 heteroatoms. The van der Waals surface area contributed by atoms with Crippen LogP contribution in [-0.4, -0.2) is 39.1 Å². The zero-order valence-corrected chi connectivity index (χ0v) is 16.7. The number of benzene rings is 1. The monoisotopic (exact) mass is 396 g/mol. The standard InChI is InChI=1S/C21H24N4O2S/c1-28-13-10-17(21-24-23-19-4-2-3-11-25(19)21)22-20(26)8-6-15-5-7-18-16(14-15)9-12-27-18/h2-5,7,11,14,17H,6,8-10,12-13H2,1H3,(H,22,26)/t17-/m1/s1. The SMILES string of the molecule is CSCC[C@@H](NC(=O)CCc1ccc2c(c1)CCO2)c1nnc2ccccn12. The van der Waals surface area contributed by atoms with E-state index in [4.69, 9.17) is 4.74 Å². The van der Waals surface area contributed by atoms with Gasteiger partial charge in [0.1, 0.15) is 5.75 Å². The van der Waals surface area contributed by atoms with Gasteiger partial charge in [-0.1, -0.05) is 18.2 Å². The summed E-state index contributed by atoms with van der Waals surface area (Å²) < 4.78 is 7.50. The number of amides is 1. The maximum atomic E-state index is 12.7. The summed E-state index contributed by atoms with van der Waals surface area (Å²) in [5, 5.41) is 11.7. The fourth-order valence-corrected chi connectivity index (χ4v) is 3.99. The second kappa shape index (κ2) is 8.65. The van der Waals surface area contributed by atoms with E-state index in [-0.39, 0.29) is 11.9 Å². The van der Waals surface area contributed by atoms with Crippen LogP contribution >= 0.6 is 11.8 Å². The van der Waals surface area contributed by atoms with Gasteiger partial charge in [0.2, 0.25) is 5.91 Å². The average Bonchev–Trinajstić information content (AvgIpc) is 3.36. The quantitative estimate of drug-likeness (QED) is 0.633. The Morgan fingerprint density at radius 1 is 1.32 bits per heavy atom. The molecule has 0 spiro atoms. The number of aryl methyl sites for hydroxylation is 1. The summed E-state index contributed by atoms with van der Waals surface area (Å²) in [5.74, 6) is 2.74. The lowest BCUT2D eigenvalue weighted by molar-refractivity contribution is -0.121. The summed E-state index contributed by atoms with van der Waals surface area (Å²) in [7, 11) is 0. The van der Waals surface area contributed by atoms with Gasteiger partial charge in [0.05, 0.1) is 12.6 Å². The van der Waals surface area contributed by atoms with Crippen molar-refractivity contribution in [2.75, 3.05) is 18.6 Å². The minimum Gasteiger partial charge on any atom is -0.493 e. The van der Waals surface area contributed by atoms with Crippen molar-refractivity contribution in [3.05, 3.63) is 59.5 Å². The first kappa shape index (κ1) is 18.8. The number of fused-ring (bicyclic) bond motifs is 2. The number of thioether (sulfide) groups is 1. The molecular weight excluding hydrogens is 372 g/mol. The van der Waals surface area contributed by atoms with E-state index in [0.717, 1.165) is 48.8 Å². The summed E-state index contributed by atoms with van der Waals surface area (Å²) in [6.45, 7) is 0.753. The van der Waals surface area contributed by atoms with Crippen LogP contribution in [0.5, 0.6) is 5.75 Å². The highest BCUT2D eigenvalue weighted by molar-refractivity contribution is 7.98. The molecule has 28 heavy (non-hydrogen) atoms. The molecule has 1 aliphatic heterocycles. The largest absolute Gasteiger partial charge is 0.493 e. The van der Waals surface area contributed by atoms with Gasteiger partial charge in [-0.3, -0.25) is 9.20 Å². The van der Waals surface area contributed by atoms with Gasteiger partial charge in [-0.2, -0.15) is 11.8 Å². The third kappa shape index (κ3) is 4.14. The van der Waals surface area contributed by atoms with Gasteiger partial charge >= 0.3 is 0 Å². The third-order valence-corrected chi connectivity index (χ3v) is 5.64. The molecule has 2 aromatic heterocycles. The number of nitrogens with one attached hydrogen (secondary N) is 1. The molecule has 146 valence electrons. The van der Waals surface area contributed by atoms with Crippen LogP contribution in [0.25, 0.3) is 5.65 Å². The van der Waals surface area contributed by atoms with Gasteiger partial charge in [0, 0.05) is 19.0 Å². The molecule has 6 nitrogen and oxygen atoms in total. The summed E-state index contributed by atoms with van der Waals surface area (Å²) in [6.07, 6.45) is 6.94. The highest BCUT2D eigenvalue weighted by Gasteiger charge is 2.20. The summed E-state index contributed by atoms with van der Waals surface area (Å²) in [5.41, 5.74) is 3.21. The Morgan fingerprint density at radius 2 is 2.25 bits per heavy atom. The first-order valence-corrected chi connectivity index (χ1v) is 11.0. The molecule has 1 N–H and O–H groups in total. The lowest BCUT2D eigenvalue weighted by Crippen LogP contribution is -2.30.